The number of carbonyl (C=O) groups excluding carboxylic acids is 1. The second kappa shape index (κ2) is 7.53. The minimum absolute atomic E-state index is 0.0430. The van der Waals surface area contributed by atoms with Gasteiger partial charge in [-0.2, -0.15) is 0 Å². The van der Waals surface area contributed by atoms with Crippen LogP contribution in [0.4, 0.5) is 5.69 Å². The van der Waals surface area contributed by atoms with Crippen molar-refractivity contribution in [3.8, 4) is 5.75 Å². The number of fused-ring (bicyclic) bond motifs is 1. The van der Waals surface area contributed by atoms with Crippen LogP contribution >= 0.6 is 11.3 Å². The van der Waals surface area contributed by atoms with Gasteiger partial charge >= 0.3 is 0 Å². The minimum Gasteiger partial charge on any atom is -0.487 e. The lowest BCUT2D eigenvalue weighted by Gasteiger charge is -2.30. The van der Waals surface area contributed by atoms with Crippen molar-refractivity contribution in [2.45, 2.75) is 33.3 Å². The SMILES string of the molecule is Cc1ccc2c(c1)CCCN2C(=O)c1ccc(OCc2csc(C)n2)cc1. The number of anilines is 1. The lowest BCUT2D eigenvalue weighted by atomic mass is 9.99. The molecule has 0 radical (unpaired) electrons. The molecule has 5 heteroatoms. The highest BCUT2D eigenvalue weighted by Crippen LogP contribution is 2.29. The van der Waals surface area contributed by atoms with E-state index < -0.39 is 0 Å². The van der Waals surface area contributed by atoms with Crippen LogP contribution in [0.2, 0.25) is 0 Å². The van der Waals surface area contributed by atoms with Crippen molar-refractivity contribution < 1.29 is 9.53 Å². The van der Waals surface area contributed by atoms with E-state index in [1.807, 2.05) is 41.5 Å². The predicted octanol–water partition coefficient (Wildman–Crippen LogP) is 4.93. The second-order valence-corrected chi connectivity index (χ2v) is 7.93. The molecule has 0 atom stereocenters. The largest absolute Gasteiger partial charge is 0.487 e. The van der Waals surface area contributed by atoms with Crippen molar-refractivity contribution in [3.05, 3.63) is 75.2 Å². The maximum Gasteiger partial charge on any atom is 0.258 e. The molecular formula is C22H22N2O2S. The summed E-state index contributed by atoms with van der Waals surface area (Å²) < 4.78 is 5.77. The molecule has 0 aliphatic carbocycles. The molecule has 0 fully saturated rings. The summed E-state index contributed by atoms with van der Waals surface area (Å²) in [5, 5.41) is 3.04. The zero-order valence-electron chi connectivity index (χ0n) is 15.6. The topological polar surface area (TPSA) is 42.4 Å². The molecule has 2 heterocycles. The van der Waals surface area contributed by atoms with Crippen LogP contribution in [0.15, 0.2) is 47.8 Å². The molecule has 27 heavy (non-hydrogen) atoms. The van der Waals surface area contributed by atoms with E-state index in [-0.39, 0.29) is 5.91 Å². The van der Waals surface area contributed by atoms with Crippen molar-refractivity contribution in [3.63, 3.8) is 0 Å². The van der Waals surface area contributed by atoms with E-state index in [0.29, 0.717) is 12.2 Å². The van der Waals surface area contributed by atoms with Gasteiger partial charge in [0.25, 0.3) is 5.91 Å². The summed E-state index contributed by atoms with van der Waals surface area (Å²) in [7, 11) is 0. The number of rotatable bonds is 4. The van der Waals surface area contributed by atoms with Crippen molar-refractivity contribution in [1.29, 1.82) is 0 Å². The molecule has 3 aromatic rings. The summed E-state index contributed by atoms with van der Waals surface area (Å²) in [4.78, 5) is 19.3. The Morgan fingerprint density at radius 3 is 2.74 bits per heavy atom. The highest BCUT2D eigenvalue weighted by molar-refractivity contribution is 7.09. The smallest absolute Gasteiger partial charge is 0.258 e. The average Bonchev–Trinajstić information content (AvgIpc) is 3.11. The third-order valence-electron chi connectivity index (χ3n) is 4.75. The van der Waals surface area contributed by atoms with Gasteiger partial charge in [-0.3, -0.25) is 4.79 Å². The van der Waals surface area contributed by atoms with E-state index >= 15 is 0 Å². The zero-order valence-corrected chi connectivity index (χ0v) is 16.4. The van der Waals surface area contributed by atoms with Gasteiger partial charge in [-0.15, -0.1) is 11.3 Å². The van der Waals surface area contributed by atoms with E-state index in [2.05, 4.69) is 30.1 Å². The number of carbonyl (C=O) groups is 1. The number of aryl methyl sites for hydroxylation is 3. The molecule has 0 spiro atoms. The molecule has 1 aliphatic heterocycles. The standard InChI is InChI=1S/C22H22N2O2S/c1-15-5-10-21-18(12-15)4-3-11-24(21)22(25)17-6-8-20(9-7-17)26-13-19-14-27-16(2)23-19/h5-10,12,14H,3-4,11,13H2,1-2H3. The molecule has 1 aliphatic rings. The monoisotopic (exact) mass is 378 g/mol. The third kappa shape index (κ3) is 3.88. The molecule has 0 N–H and O–H groups in total. The molecule has 4 nitrogen and oxygen atoms in total. The number of nitrogens with zero attached hydrogens (tertiary/aromatic N) is 2. The van der Waals surface area contributed by atoms with Crippen LogP contribution in [0, 0.1) is 13.8 Å². The molecule has 0 saturated carbocycles. The number of thiazole rings is 1. The Balaban J connectivity index is 1.47. The van der Waals surface area contributed by atoms with Crippen molar-refractivity contribution in [1.82, 2.24) is 4.98 Å². The normalized spacial score (nSPS) is 13.3. The summed E-state index contributed by atoms with van der Waals surface area (Å²) >= 11 is 1.62. The van der Waals surface area contributed by atoms with Crippen LogP contribution in [0.3, 0.4) is 0 Å². The fraction of sp³-hybridized carbons (Fsp3) is 0.273. The fourth-order valence-corrected chi connectivity index (χ4v) is 4.02. The first kappa shape index (κ1) is 17.7. The first-order valence-corrected chi connectivity index (χ1v) is 10.0. The van der Waals surface area contributed by atoms with E-state index in [0.717, 1.165) is 41.5 Å². The maximum absolute atomic E-state index is 13.0. The molecule has 0 saturated heterocycles. The lowest BCUT2D eigenvalue weighted by molar-refractivity contribution is 0.0985. The second-order valence-electron chi connectivity index (χ2n) is 6.86. The Bertz CT molecular complexity index is 963. The van der Waals surface area contributed by atoms with E-state index in [1.165, 1.54) is 11.1 Å². The van der Waals surface area contributed by atoms with E-state index in [9.17, 15) is 4.79 Å². The Kier molecular flexibility index (Phi) is 4.94. The number of benzene rings is 2. The van der Waals surface area contributed by atoms with Gasteiger partial charge in [0, 0.05) is 23.2 Å². The Labute approximate surface area is 163 Å². The van der Waals surface area contributed by atoms with Gasteiger partial charge in [0.05, 0.1) is 10.7 Å². The minimum atomic E-state index is 0.0430. The highest BCUT2D eigenvalue weighted by atomic mass is 32.1. The number of ether oxygens (including phenoxy) is 1. The van der Waals surface area contributed by atoms with Gasteiger partial charge in [-0.25, -0.2) is 4.98 Å². The van der Waals surface area contributed by atoms with Crippen molar-refractivity contribution in [2.24, 2.45) is 0 Å². The van der Waals surface area contributed by atoms with Crippen LogP contribution in [-0.4, -0.2) is 17.4 Å². The molecule has 0 unspecified atom stereocenters. The summed E-state index contributed by atoms with van der Waals surface area (Å²) in [5.41, 5.74) is 5.14. The van der Waals surface area contributed by atoms with Gasteiger partial charge in [0.2, 0.25) is 0 Å². The highest BCUT2D eigenvalue weighted by Gasteiger charge is 2.23. The molecule has 4 rings (SSSR count). The summed E-state index contributed by atoms with van der Waals surface area (Å²) in [6.45, 7) is 5.27. The fourth-order valence-electron chi connectivity index (χ4n) is 3.42. The molecule has 2 aromatic carbocycles. The number of aromatic nitrogens is 1. The zero-order chi connectivity index (χ0) is 18.8. The quantitative estimate of drug-likeness (QED) is 0.646. The first-order valence-electron chi connectivity index (χ1n) is 9.15. The molecule has 0 bridgehead atoms. The third-order valence-corrected chi connectivity index (χ3v) is 5.58. The Morgan fingerprint density at radius 1 is 1.19 bits per heavy atom. The Hall–Kier alpha value is -2.66. The molecule has 1 aromatic heterocycles. The van der Waals surface area contributed by atoms with Crippen LogP contribution in [0.5, 0.6) is 5.75 Å². The predicted molar refractivity (Wildman–Crippen MR) is 109 cm³/mol. The van der Waals surface area contributed by atoms with Crippen molar-refractivity contribution >= 4 is 22.9 Å². The maximum atomic E-state index is 13.0. The van der Waals surface area contributed by atoms with Gasteiger partial charge in [0.1, 0.15) is 12.4 Å². The van der Waals surface area contributed by atoms with Crippen LogP contribution < -0.4 is 9.64 Å². The van der Waals surface area contributed by atoms with Crippen molar-refractivity contribution in [2.75, 3.05) is 11.4 Å². The molecule has 1 amide bonds. The lowest BCUT2D eigenvalue weighted by Crippen LogP contribution is -2.35. The summed E-state index contributed by atoms with van der Waals surface area (Å²) in [5.74, 6) is 0.786. The number of hydrogen-bond acceptors (Lipinski definition) is 4. The van der Waals surface area contributed by atoms with Crippen LogP contribution in [-0.2, 0) is 13.0 Å². The van der Waals surface area contributed by atoms with Crippen LogP contribution in [0.25, 0.3) is 0 Å². The molecular weight excluding hydrogens is 356 g/mol. The average molecular weight is 378 g/mol. The van der Waals surface area contributed by atoms with Gasteiger partial charge in [0.15, 0.2) is 0 Å². The van der Waals surface area contributed by atoms with E-state index in [4.69, 9.17) is 4.74 Å². The first-order chi connectivity index (χ1) is 13.1. The van der Waals surface area contributed by atoms with Gasteiger partial charge < -0.3 is 9.64 Å². The summed E-state index contributed by atoms with van der Waals surface area (Å²) in [6, 6.07) is 13.7. The van der Waals surface area contributed by atoms with Crippen LogP contribution in [0.1, 0.15) is 38.6 Å². The van der Waals surface area contributed by atoms with Gasteiger partial charge in [-0.05, 0) is 62.6 Å². The number of hydrogen-bond donors (Lipinski definition) is 0. The van der Waals surface area contributed by atoms with Gasteiger partial charge in [-0.1, -0.05) is 17.7 Å². The summed E-state index contributed by atoms with van der Waals surface area (Å²) in [6.07, 6.45) is 2.03. The van der Waals surface area contributed by atoms with E-state index in [1.54, 1.807) is 11.3 Å². The Morgan fingerprint density at radius 2 is 2.00 bits per heavy atom. The number of amides is 1. The molecule has 138 valence electrons.